The lowest BCUT2D eigenvalue weighted by Crippen LogP contribution is -2.68. The second-order valence-electron chi connectivity index (χ2n) is 15.8. The molecule has 3 aliphatic carbocycles. The molecule has 2 fully saturated rings. The van der Waals surface area contributed by atoms with Crippen LogP contribution in [-0.2, 0) is 57.2 Å². The van der Waals surface area contributed by atoms with Gasteiger partial charge in [0.1, 0.15) is 24.4 Å². The maximum atomic E-state index is 14.0. The Morgan fingerprint density at radius 3 is 1.82 bits per heavy atom. The molecular weight excluding hydrogens is 714 g/mol. The van der Waals surface area contributed by atoms with E-state index < -0.39 is 107 Å². The third-order valence-corrected chi connectivity index (χ3v) is 11.5. The average Bonchev–Trinajstić information content (AvgIpc) is 3.05. The maximum Gasteiger partial charge on any atom is 0.337 e. The number of benzene rings is 1. The highest BCUT2D eigenvalue weighted by Gasteiger charge is 2.68. The highest BCUT2D eigenvalue weighted by Crippen LogP contribution is 2.62. The van der Waals surface area contributed by atoms with Crippen LogP contribution < -0.4 is 0 Å². The number of hydrogen-bond acceptors (Lipinski definition) is 14. The molecule has 2 saturated carbocycles. The fraction of sp³-hybridized carbons (Fsp3) is 0.610. The summed E-state index contributed by atoms with van der Waals surface area (Å²) in [4.78, 5) is 80.3. The monoisotopic (exact) mass is 769 g/mol. The van der Waals surface area contributed by atoms with Crippen LogP contribution in [0.15, 0.2) is 53.6 Å². The van der Waals surface area contributed by atoms with Crippen molar-refractivity contribution >= 4 is 35.8 Å². The lowest BCUT2D eigenvalue weighted by atomic mass is 9.48. The molecule has 0 saturated heterocycles. The van der Waals surface area contributed by atoms with Crippen molar-refractivity contribution in [3.63, 3.8) is 0 Å². The van der Waals surface area contributed by atoms with Gasteiger partial charge >= 0.3 is 35.8 Å². The molecule has 11 unspecified atom stereocenters. The van der Waals surface area contributed by atoms with Crippen molar-refractivity contribution in [1.82, 2.24) is 4.90 Å². The Kier molecular flexibility index (Phi) is 13.1. The van der Waals surface area contributed by atoms with Crippen molar-refractivity contribution < 1.29 is 62.3 Å². The number of likely N-dealkylation sites (N-methyl/N-ethyl adjacent to an activating group) is 1. The summed E-state index contributed by atoms with van der Waals surface area (Å²) in [5, 5.41) is 11.5. The molecule has 0 aliphatic heterocycles. The van der Waals surface area contributed by atoms with Crippen LogP contribution in [0.4, 0.5) is 0 Å². The number of esters is 6. The fourth-order valence-electron chi connectivity index (χ4n) is 9.35. The number of hydrogen-bond donors (Lipinski definition) is 1. The fourth-order valence-corrected chi connectivity index (χ4v) is 9.35. The van der Waals surface area contributed by atoms with Crippen LogP contribution in [0.1, 0.15) is 86.8 Å². The maximum absolute atomic E-state index is 14.0. The summed E-state index contributed by atoms with van der Waals surface area (Å²) in [5.41, 5.74) is -0.661. The van der Waals surface area contributed by atoms with Gasteiger partial charge in [0.25, 0.3) is 0 Å². The Hall–Kier alpha value is -4.56. The van der Waals surface area contributed by atoms with Crippen molar-refractivity contribution in [1.29, 1.82) is 0 Å². The minimum atomic E-state index is -1.67. The molecule has 14 nitrogen and oxygen atoms in total. The van der Waals surface area contributed by atoms with E-state index in [1.807, 2.05) is 19.9 Å². The van der Waals surface area contributed by atoms with Crippen molar-refractivity contribution in [2.75, 3.05) is 14.1 Å². The van der Waals surface area contributed by atoms with E-state index in [0.29, 0.717) is 16.7 Å². The van der Waals surface area contributed by atoms with Gasteiger partial charge in [-0.05, 0) is 55.1 Å². The van der Waals surface area contributed by atoms with Crippen molar-refractivity contribution in [2.24, 2.45) is 22.7 Å². The number of nitrogens with zero attached hydrogens (tertiary/aromatic N) is 1. The van der Waals surface area contributed by atoms with Gasteiger partial charge in [-0.15, -0.1) is 0 Å². The summed E-state index contributed by atoms with van der Waals surface area (Å²) < 4.78 is 36.4. The SMILES string of the molecule is C=C1C(OC(=O)C(O)C(c2ccccc2)N(C)C)CC(OC(C)=O)C2(C)C(OC(C)=O)C(OC(C)=O)C3=C(C)C(OC(C)=O)CC(C(OC(C)=O)C12)C3(C)C. The Morgan fingerprint density at radius 2 is 1.31 bits per heavy atom. The van der Waals surface area contributed by atoms with Gasteiger partial charge in [-0.3, -0.25) is 28.9 Å². The second-order valence-corrected chi connectivity index (χ2v) is 15.8. The summed E-state index contributed by atoms with van der Waals surface area (Å²) in [7, 11) is 3.42. The van der Waals surface area contributed by atoms with Gasteiger partial charge in [0.05, 0.1) is 11.5 Å². The van der Waals surface area contributed by atoms with Crippen LogP contribution in [0.25, 0.3) is 0 Å². The molecule has 0 aromatic heterocycles. The smallest absolute Gasteiger partial charge is 0.337 e. The number of carbonyl (C=O) groups is 6. The summed E-state index contributed by atoms with van der Waals surface area (Å²) in [5.74, 6) is -6.24. The number of fused-ring (bicyclic) bond motifs is 3. The Labute approximate surface area is 322 Å². The molecule has 2 bridgehead atoms. The predicted octanol–water partition coefficient (Wildman–Crippen LogP) is 4.18. The van der Waals surface area contributed by atoms with Crippen molar-refractivity contribution in [3.05, 3.63) is 59.2 Å². The van der Waals surface area contributed by atoms with E-state index in [2.05, 4.69) is 6.58 Å². The van der Waals surface area contributed by atoms with Crippen molar-refractivity contribution in [3.8, 4) is 0 Å². The lowest BCUT2D eigenvalue weighted by Gasteiger charge is -2.61. The van der Waals surface area contributed by atoms with Gasteiger partial charge in [0.15, 0.2) is 18.3 Å². The molecule has 302 valence electrons. The van der Waals surface area contributed by atoms with E-state index in [-0.39, 0.29) is 18.4 Å². The number of ether oxygens (including phenoxy) is 6. The van der Waals surface area contributed by atoms with Gasteiger partial charge in [0, 0.05) is 52.9 Å². The topological polar surface area (TPSA) is 181 Å². The largest absolute Gasteiger partial charge is 0.462 e. The van der Waals surface area contributed by atoms with Gasteiger partial charge in [-0.25, -0.2) is 4.79 Å². The number of aliphatic hydroxyl groups excluding tert-OH is 1. The summed E-state index contributed by atoms with van der Waals surface area (Å²) >= 11 is 0. The molecule has 55 heavy (non-hydrogen) atoms. The number of carbonyl (C=O) groups excluding carboxylic acids is 6. The first kappa shape index (κ1) is 43.2. The van der Waals surface area contributed by atoms with Crippen LogP contribution in [0.2, 0.25) is 0 Å². The normalized spacial score (nSPS) is 31.0. The second kappa shape index (κ2) is 16.7. The molecule has 0 amide bonds. The Balaban J connectivity index is 2.01. The van der Waals surface area contributed by atoms with Crippen LogP contribution in [-0.4, -0.2) is 103 Å². The van der Waals surface area contributed by atoms with Gasteiger partial charge in [0.2, 0.25) is 0 Å². The van der Waals surface area contributed by atoms with Gasteiger partial charge in [-0.1, -0.05) is 57.7 Å². The van der Waals surface area contributed by atoms with Crippen LogP contribution in [0.5, 0.6) is 0 Å². The summed E-state index contributed by atoms with van der Waals surface area (Å²) in [6, 6.07) is 8.12. The molecule has 11 atom stereocenters. The van der Waals surface area contributed by atoms with E-state index in [1.54, 1.807) is 57.1 Å². The molecule has 3 aliphatic rings. The zero-order valence-electron chi connectivity index (χ0n) is 33.6. The number of aliphatic hydroxyl groups is 1. The van der Waals surface area contributed by atoms with Crippen LogP contribution >= 0.6 is 0 Å². The van der Waals surface area contributed by atoms with E-state index >= 15 is 0 Å². The first-order valence-electron chi connectivity index (χ1n) is 18.4. The highest BCUT2D eigenvalue weighted by atomic mass is 16.6. The lowest BCUT2D eigenvalue weighted by molar-refractivity contribution is -0.231. The molecule has 1 aromatic rings. The zero-order chi connectivity index (χ0) is 41.3. The molecule has 4 rings (SSSR count). The predicted molar refractivity (Wildman–Crippen MR) is 196 cm³/mol. The Morgan fingerprint density at radius 1 is 0.764 bits per heavy atom. The minimum Gasteiger partial charge on any atom is -0.462 e. The van der Waals surface area contributed by atoms with E-state index in [0.717, 1.165) is 0 Å². The highest BCUT2D eigenvalue weighted by molar-refractivity contribution is 5.76. The molecule has 0 heterocycles. The molecular formula is C41H55NO13. The van der Waals surface area contributed by atoms with Crippen LogP contribution in [0, 0.1) is 22.7 Å². The van der Waals surface area contributed by atoms with E-state index in [1.165, 1.54) is 34.6 Å². The van der Waals surface area contributed by atoms with Gasteiger partial charge in [-0.2, -0.15) is 0 Å². The molecule has 1 aromatic carbocycles. The average molecular weight is 770 g/mol. The molecule has 14 heteroatoms. The van der Waals surface area contributed by atoms with E-state index in [9.17, 15) is 33.9 Å². The van der Waals surface area contributed by atoms with Crippen LogP contribution in [0.3, 0.4) is 0 Å². The van der Waals surface area contributed by atoms with Gasteiger partial charge < -0.3 is 33.5 Å². The summed E-state index contributed by atoms with van der Waals surface area (Å²) in [6.07, 6.45) is -8.94. The molecule has 1 N–H and O–H groups in total. The first-order valence-corrected chi connectivity index (χ1v) is 18.4. The quantitative estimate of drug-likeness (QED) is 0.203. The summed E-state index contributed by atoms with van der Waals surface area (Å²) in [6.45, 7) is 17.6. The molecule has 0 spiro atoms. The minimum absolute atomic E-state index is 0.147. The number of rotatable bonds is 10. The third-order valence-electron chi connectivity index (χ3n) is 11.5. The standard InChI is InChI=1S/C41H55NO13/c1-20-29(50-22(3)43)18-28-36(52-24(5)45)33-21(2)30(55-39(49)35(48)34(42(11)12)27-16-14-13-15-17-27)19-31(51-23(4)44)41(33,10)38(54-26(7)47)37(53-25(6)46)32(20)40(28,8)9/h13-17,28-31,33-38,48H,2,18-19H2,1,3-12H3. The molecule has 0 radical (unpaired) electrons. The Bertz CT molecular complexity index is 1720. The first-order chi connectivity index (χ1) is 25.5. The van der Waals surface area contributed by atoms with E-state index in [4.69, 9.17) is 28.4 Å². The third kappa shape index (κ3) is 8.65. The van der Waals surface area contributed by atoms with Crippen molar-refractivity contribution in [2.45, 2.75) is 124 Å². The zero-order valence-corrected chi connectivity index (χ0v) is 33.6.